The average Bonchev–Trinajstić information content (AvgIpc) is 2.75. The molecule has 0 aliphatic rings. The summed E-state index contributed by atoms with van der Waals surface area (Å²) in [6.07, 6.45) is -0.404. The van der Waals surface area contributed by atoms with Crippen LogP contribution in [0.1, 0.15) is 39.7 Å². The maximum Gasteiger partial charge on any atom is 0.408 e. The van der Waals surface area contributed by atoms with Crippen LogP contribution < -0.4 is 21.3 Å². The zero-order chi connectivity index (χ0) is 24.8. The third-order valence-electron chi connectivity index (χ3n) is 4.61. The molecule has 0 aliphatic carbocycles. The van der Waals surface area contributed by atoms with Gasteiger partial charge in [-0.15, -0.1) is 0 Å². The summed E-state index contributed by atoms with van der Waals surface area (Å²) in [7, 11) is 0. The molecule has 1 rings (SSSR count). The summed E-state index contributed by atoms with van der Waals surface area (Å²) in [4.78, 5) is 49.6. The number of aliphatic hydroxyl groups excluding tert-OH is 1. The third-order valence-corrected chi connectivity index (χ3v) is 4.61. The van der Waals surface area contributed by atoms with E-state index in [1.165, 1.54) is 0 Å². The van der Waals surface area contributed by atoms with E-state index in [1.54, 1.807) is 13.8 Å². The molecule has 0 aromatic heterocycles. The van der Waals surface area contributed by atoms with Gasteiger partial charge in [-0.05, 0) is 23.8 Å². The second-order valence-electron chi connectivity index (χ2n) is 8.43. The summed E-state index contributed by atoms with van der Waals surface area (Å²) >= 11 is 0. The molecular formula is C23H36N4O6. The number of nitrogens with one attached hydrogen (secondary N) is 4. The number of ether oxygens (including phenoxy) is 1. The van der Waals surface area contributed by atoms with Crippen molar-refractivity contribution < 1.29 is 29.0 Å². The molecule has 4 amide bonds. The second-order valence-corrected chi connectivity index (χ2v) is 8.43. The first-order chi connectivity index (χ1) is 15.6. The first kappa shape index (κ1) is 28.1. The van der Waals surface area contributed by atoms with Gasteiger partial charge in [0.05, 0.1) is 13.2 Å². The van der Waals surface area contributed by atoms with Crippen molar-refractivity contribution in [2.75, 3.05) is 19.7 Å². The van der Waals surface area contributed by atoms with Crippen molar-refractivity contribution >= 4 is 23.8 Å². The molecule has 0 bridgehead atoms. The highest BCUT2D eigenvalue weighted by Crippen LogP contribution is 2.09. The van der Waals surface area contributed by atoms with Gasteiger partial charge in [0.25, 0.3) is 0 Å². The number of hydrogen-bond donors (Lipinski definition) is 5. The fourth-order valence-corrected chi connectivity index (χ4v) is 2.94. The Morgan fingerprint density at radius 2 is 1.64 bits per heavy atom. The van der Waals surface area contributed by atoms with Gasteiger partial charge in [-0.2, -0.15) is 0 Å². The molecule has 0 radical (unpaired) electrons. The summed E-state index contributed by atoms with van der Waals surface area (Å²) in [6, 6.07) is 7.26. The summed E-state index contributed by atoms with van der Waals surface area (Å²) in [5.41, 5.74) is 0.812. The fourth-order valence-electron chi connectivity index (χ4n) is 2.94. The Kier molecular flexibility index (Phi) is 12.7. The lowest BCUT2D eigenvalue weighted by Crippen LogP contribution is -2.57. The Hall–Kier alpha value is -2.98. The number of carbonyl (C=O) groups is 4. The SMILES string of the molecule is CC(C)C[C@H](NC(=O)OCc1ccccc1)C(=O)N[C@H](C(=O)NC(=O)CNCCO)C(C)C. The van der Waals surface area contributed by atoms with Crippen molar-refractivity contribution in [3.63, 3.8) is 0 Å². The Balaban J connectivity index is 2.73. The largest absolute Gasteiger partial charge is 0.445 e. The van der Waals surface area contributed by atoms with E-state index in [2.05, 4.69) is 21.3 Å². The lowest BCUT2D eigenvalue weighted by Gasteiger charge is -2.25. The number of imide groups is 1. The molecule has 1 aromatic carbocycles. The van der Waals surface area contributed by atoms with Crippen molar-refractivity contribution in [3.8, 4) is 0 Å². The van der Waals surface area contributed by atoms with Crippen LogP contribution in [0.4, 0.5) is 4.79 Å². The molecular weight excluding hydrogens is 428 g/mol. The number of hydrogen-bond acceptors (Lipinski definition) is 7. The Bertz CT molecular complexity index is 769. The normalized spacial score (nSPS) is 12.7. The summed E-state index contributed by atoms with van der Waals surface area (Å²) in [5, 5.41) is 18.9. The minimum absolute atomic E-state index is 0.0617. The zero-order valence-corrected chi connectivity index (χ0v) is 19.7. The van der Waals surface area contributed by atoms with Crippen LogP contribution in [0.25, 0.3) is 0 Å². The van der Waals surface area contributed by atoms with Crippen LogP contribution >= 0.6 is 0 Å². The fraction of sp³-hybridized carbons (Fsp3) is 0.565. The van der Waals surface area contributed by atoms with Crippen LogP contribution in [-0.4, -0.2) is 60.7 Å². The minimum Gasteiger partial charge on any atom is -0.445 e. The smallest absolute Gasteiger partial charge is 0.408 e. The molecule has 0 aliphatic heterocycles. The predicted octanol–water partition coefficient (Wildman–Crippen LogP) is 0.693. The minimum atomic E-state index is -0.976. The quantitative estimate of drug-likeness (QED) is 0.270. The number of alkyl carbamates (subject to hydrolysis) is 1. The van der Waals surface area contributed by atoms with E-state index in [-0.39, 0.29) is 38.1 Å². The Morgan fingerprint density at radius 1 is 0.970 bits per heavy atom. The number of carbonyl (C=O) groups excluding carboxylic acids is 4. The molecule has 184 valence electrons. The van der Waals surface area contributed by atoms with Crippen molar-refractivity contribution in [2.45, 2.75) is 52.8 Å². The van der Waals surface area contributed by atoms with Gasteiger partial charge in [-0.25, -0.2) is 4.79 Å². The Labute approximate surface area is 194 Å². The van der Waals surface area contributed by atoms with Gasteiger partial charge in [0.15, 0.2) is 0 Å². The predicted molar refractivity (Wildman–Crippen MR) is 123 cm³/mol. The van der Waals surface area contributed by atoms with Gasteiger partial charge in [0, 0.05) is 6.54 Å². The lowest BCUT2D eigenvalue weighted by molar-refractivity contribution is -0.135. The van der Waals surface area contributed by atoms with Crippen molar-refractivity contribution in [2.24, 2.45) is 11.8 Å². The molecule has 0 fully saturated rings. The van der Waals surface area contributed by atoms with E-state index < -0.39 is 35.9 Å². The van der Waals surface area contributed by atoms with Gasteiger partial charge >= 0.3 is 6.09 Å². The van der Waals surface area contributed by atoms with Crippen LogP contribution in [0.3, 0.4) is 0 Å². The highest BCUT2D eigenvalue weighted by atomic mass is 16.5. The molecule has 10 heteroatoms. The Morgan fingerprint density at radius 3 is 2.21 bits per heavy atom. The monoisotopic (exact) mass is 464 g/mol. The highest BCUT2D eigenvalue weighted by Gasteiger charge is 2.30. The zero-order valence-electron chi connectivity index (χ0n) is 19.7. The number of rotatable bonds is 13. The van der Waals surface area contributed by atoms with Crippen molar-refractivity contribution in [3.05, 3.63) is 35.9 Å². The van der Waals surface area contributed by atoms with E-state index in [4.69, 9.17) is 9.84 Å². The molecule has 5 N–H and O–H groups in total. The van der Waals surface area contributed by atoms with Crippen molar-refractivity contribution in [1.29, 1.82) is 0 Å². The van der Waals surface area contributed by atoms with E-state index in [1.807, 2.05) is 44.2 Å². The number of benzene rings is 1. The van der Waals surface area contributed by atoms with E-state index in [0.717, 1.165) is 5.56 Å². The third kappa shape index (κ3) is 11.4. The molecule has 0 spiro atoms. The first-order valence-electron chi connectivity index (χ1n) is 11.1. The summed E-state index contributed by atoms with van der Waals surface area (Å²) in [5.74, 6) is -1.99. The molecule has 33 heavy (non-hydrogen) atoms. The van der Waals surface area contributed by atoms with Gasteiger partial charge < -0.3 is 25.8 Å². The number of amides is 4. The second kappa shape index (κ2) is 15.0. The van der Waals surface area contributed by atoms with Crippen LogP contribution in [0, 0.1) is 11.8 Å². The molecule has 0 saturated heterocycles. The van der Waals surface area contributed by atoms with Gasteiger partial charge in [-0.1, -0.05) is 58.0 Å². The molecule has 2 atom stereocenters. The number of aliphatic hydroxyl groups is 1. The van der Waals surface area contributed by atoms with Crippen LogP contribution in [0.5, 0.6) is 0 Å². The van der Waals surface area contributed by atoms with E-state index >= 15 is 0 Å². The van der Waals surface area contributed by atoms with Crippen LogP contribution in [0.15, 0.2) is 30.3 Å². The van der Waals surface area contributed by atoms with Gasteiger partial charge in [0.2, 0.25) is 17.7 Å². The standard InChI is InChI=1S/C23H36N4O6/c1-15(2)12-18(25-23(32)33-14-17-8-6-5-7-9-17)21(30)27-20(16(3)4)22(31)26-19(29)13-24-10-11-28/h5-9,15-16,18,20,24,28H,10-14H2,1-4H3,(H,25,32)(H,27,30)(H,26,29,31)/t18-,20-/m0/s1. The van der Waals surface area contributed by atoms with Gasteiger partial charge in [0.1, 0.15) is 18.7 Å². The lowest BCUT2D eigenvalue weighted by atomic mass is 10.00. The summed E-state index contributed by atoms with van der Waals surface area (Å²) in [6.45, 7) is 7.28. The van der Waals surface area contributed by atoms with Gasteiger partial charge in [-0.3, -0.25) is 19.7 Å². The maximum absolute atomic E-state index is 12.9. The molecule has 0 heterocycles. The molecule has 0 unspecified atom stereocenters. The van der Waals surface area contributed by atoms with Crippen LogP contribution in [0.2, 0.25) is 0 Å². The molecule has 0 saturated carbocycles. The maximum atomic E-state index is 12.9. The molecule has 1 aromatic rings. The topological polar surface area (TPSA) is 146 Å². The highest BCUT2D eigenvalue weighted by molar-refractivity contribution is 6.00. The van der Waals surface area contributed by atoms with E-state index in [9.17, 15) is 19.2 Å². The molecule has 10 nitrogen and oxygen atoms in total. The van der Waals surface area contributed by atoms with E-state index in [0.29, 0.717) is 6.42 Å². The van der Waals surface area contributed by atoms with Crippen LogP contribution in [-0.2, 0) is 25.7 Å². The average molecular weight is 465 g/mol. The first-order valence-corrected chi connectivity index (χ1v) is 11.1. The van der Waals surface area contributed by atoms with Crippen molar-refractivity contribution in [1.82, 2.24) is 21.3 Å². The summed E-state index contributed by atoms with van der Waals surface area (Å²) < 4.78 is 5.21.